The third-order valence-corrected chi connectivity index (χ3v) is 4.06. The minimum absolute atomic E-state index is 0.0443. The van der Waals surface area contributed by atoms with Crippen LogP contribution in [0.1, 0.15) is 26.5 Å². The van der Waals surface area contributed by atoms with E-state index in [2.05, 4.69) is 40.9 Å². The third-order valence-electron chi connectivity index (χ3n) is 3.67. The van der Waals surface area contributed by atoms with E-state index in [-0.39, 0.29) is 17.2 Å². The summed E-state index contributed by atoms with van der Waals surface area (Å²) in [6.45, 7) is 1.63. The predicted molar refractivity (Wildman–Crippen MR) is 99.6 cm³/mol. The summed E-state index contributed by atoms with van der Waals surface area (Å²) in [7, 11) is 1.45. The first-order valence-corrected chi connectivity index (χ1v) is 8.65. The number of benzene rings is 1. The van der Waals surface area contributed by atoms with Gasteiger partial charge >= 0.3 is 6.36 Å². The summed E-state index contributed by atoms with van der Waals surface area (Å²) in [5, 5.41) is 14.4. The average molecular weight is 457 g/mol. The standard InChI is InChI=1S/C16H12ClF3N8O3/c1-7-5-22-9(6-21-7)14(30)23-12-10(31-16(18,19)20)4-3-8(11(12)17)13(29)24-15-25-26-27-28(15)2/h3-6H,1-2H3,(H,23,30)(H,24,25,27,29). The highest BCUT2D eigenvalue weighted by Gasteiger charge is 2.34. The molecule has 2 amide bonds. The van der Waals surface area contributed by atoms with Gasteiger partial charge in [-0.3, -0.25) is 19.9 Å². The summed E-state index contributed by atoms with van der Waals surface area (Å²) in [4.78, 5) is 32.7. The van der Waals surface area contributed by atoms with Crippen LogP contribution in [-0.4, -0.2) is 48.4 Å². The molecule has 3 aromatic rings. The largest absolute Gasteiger partial charge is 0.573 e. The summed E-state index contributed by atoms with van der Waals surface area (Å²) in [6.07, 6.45) is -2.66. The first-order valence-electron chi connectivity index (χ1n) is 8.27. The fourth-order valence-corrected chi connectivity index (χ4v) is 2.54. The second-order valence-corrected chi connectivity index (χ2v) is 6.30. The van der Waals surface area contributed by atoms with Crippen LogP contribution in [0.4, 0.5) is 24.8 Å². The van der Waals surface area contributed by atoms with Gasteiger partial charge in [-0.25, -0.2) is 9.67 Å². The van der Waals surface area contributed by atoms with Gasteiger partial charge < -0.3 is 10.1 Å². The Labute approximate surface area is 176 Å². The van der Waals surface area contributed by atoms with Crippen molar-refractivity contribution in [1.29, 1.82) is 0 Å². The summed E-state index contributed by atoms with van der Waals surface area (Å²) in [5.74, 6) is -2.64. The SMILES string of the molecule is Cc1cnc(C(=O)Nc2c(OC(F)(F)F)ccc(C(=O)Nc3nnnn3C)c2Cl)cn1. The molecule has 1 aromatic carbocycles. The van der Waals surface area contributed by atoms with Crippen LogP contribution in [0.25, 0.3) is 0 Å². The van der Waals surface area contributed by atoms with Crippen molar-refractivity contribution in [3.05, 3.63) is 46.5 Å². The van der Waals surface area contributed by atoms with Crippen LogP contribution in [0.3, 0.4) is 0 Å². The lowest BCUT2D eigenvalue weighted by atomic mass is 10.1. The van der Waals surface area contributed by atoms with Crippen molar-refractivity contribution in [2.24, 2.45) is 7.05 Å². The number of tetrazole rings is 1. The van der Waals surface area contributed by atoms with E-state index < -0.39 is 34.6 Å². The Morgan fingerprint density at radius 1 is 1.13 bits per heavy atom. The molecule has 15 heteroatoms. The van der Waals surface area contributed by atoms with E-state index in [0.717, 1.165) is 23.0 Å². The fourth-order valence-electron chi connectivity index (χ4n) is 2.25. The highest BCUT2D eigenvalue weighted by molar-refractivity contribution is 6.38. The van der Waals surface area contributed by atoms with Crippen LogP contribution in [0.2, 0.25) is 5.02 Å². The second-order valence-electron chi connectivity index (χ2n) is 5.93. The zero-order chi connectivity index (χ0) is 22.8. The van der Waals surface area contributed by atoms with E-state index in [1.165, 1.54) is 13.2 Å². The average Bonchev–Trinajstić information content (AvgIpc) is 3.08. The quantitative estimate of drug-likeness (QED) is 0.597. The monoisotopic (exact) mass is 456 g/mol. The zero-order valence-corrected chi connectivity index (χ0v) is 16.5. The Balaban J connectivity index is 1.97. The normalized spacial score (nSPS) is 11.2. The lowest BCUT2D eigenvalue weighted by Crippen LogP contribution is -2.22. The zero-order valence-electron chi connectivity index (χ0n) is 15.7. The van der Waals surface area contributed by atoms with Crippen molar-refractivity contribution in [3.8, 4) is 5.75 Å². The summed E-state index contributed by atoms with van der Waals surface area (Å²) < 4.78 is 43.5. The van der Waals surface area contributed by atoms with Gasteiger partial charge in [-0.2, -0.15) is 0 Å². The maximum absolute atomic E-state index is 12.8. The Morgan fingerprint density at radius 2 is 1.87 bits per heavy atom. The molecule has 0 saturated heterocycles. The number of aryl methyl sites for hydroxylation is 2. The number of anilines is 2. The van der Waals surface area contributed by atoms with Crippen LogP contribution in [0.15, 0.2) is 24.5 Å². The lowest BCUT2D eigenvalue weighted by molar-refractivity contribution is -0.274. The molecule has 0 aliphatic carbocycles. The summed E-state index contributed by atoms with van der Waals surface area (Å²) >= 11 is 6.16. The molecule has 3 rings (SSSR count). The minimum Gasteiger partial charge on any atom is -0.404 e. The van der Waals surface area contributed by atoms with Crippen LogP contribution in [-0.2, 0) is 7.05 Å². The Hall–Kier alpha value is -3.81. The lowest BCUT2D eigenvalue weighted by Gasteiger charge is -2.17. The van der Waals surface area contributed by atoms with E-state index in [4.69, 9.17) is 11.6 Å². The molecule has 0 saturated carbocycles. The molecule has 0 fully saturated rings. The Bertz CT molecular complexity index is 1130. The highest BCUT2D eigenvalue weighted by Crippen LogP contribution is 2.38. The van der Waals surface area contributed by atoms with Gasteiger partial charge in [-0.15, -0.1) is 13.2 Å². The van der Waals surface area contributed by atoms with Gasteiger partial charge in [0.05, 0.1) is 22.5 Å². The molecular formula is C16H12ClF3N8O3. The molecule has 0 radical (unpaired) electrons. The summed E-state index contributed by atoms with van der Waals surface area (Å²) in [5.41, 5.74) is -0.535. The van der Waals surface area contributed by atoms with Gasteiger partial charge in [0.1, 0.15) is 11.4 Å². The summed E-state index contributed by atoms with van der Waals surface area (Å²) in [6, 6.07) is 1.82. The maximum Gasteiger partial charge on any atom is 0.573 e. The number of rotatable bonds is 5. The number of nitrogens with zero attached hydrogens (tertiary/aromatic N) is 6. The van der Waals surface area contributed by atoms with Crippen LogP contribution in [0, 0.1) is 6.92 Å². The molecule has 2 aromatic heterocycles. The van der Waals surface area contributed by atoms with Crippen molar-refractivity contribution >= 4 is 35.1 Å². The van der Waals surface area contributed by atoms with Crippen LogP contribution >= 0.6 is 11.6 Å². The molecule has 2 N–H and O–H groups in total. The number of aromatic nitrogens is 6. The molecule has 2 heterocycles. The van der Waals surface area contributed by atoms with E-state index in [1.54, 1.807) is 6.92 Å². The number of carbonyl (C=O) groups excluding carboxylic acids is 2. The first-order chi connectivity index (χ1) is 14.5. The number of halogens is 4. The third kappa shape index (κ3) is 5.22. The molecule has 0 spiro atoms. The van der Waals surface area contributed by atoms with E-state index >= 15 is 0 Å². The van der Waals surface area contributed by atoms with Gasteiger partial charge in [0, 0.05) is 13.2 Å². The van der Waals surface area contributed by atoms with E-state index in [9.17, 15) is 22.8 Å². The van der Waals surface area contributed by atoms with Crippen molar-refractivity contribution in [2.75, 3.05) is 10.6 Å². The number of carbonyl (C=O) groups is 2. The van der Waals surface area contributed by atoms with Gasteiger partial charge in [0.25, 0.3) is 11.8 Å². The van der Waals surface area contributed by atoms with Gasteiger partial charge in [0.2, 0.25) is 5.95 Å². The molecule has 11 nitrogen and oxygen atoms in total. The topological polar surface area (TPSA) is 137 Å². The highest BCUT2D eigenvalue weighted by atomic mass is 35.5. The number of nitrogens with one attached hydrogen (secondary N) is 2. The smallest absolute Gasteiger partial charge is 0.404 e. The second kappa shape index (κ2) is 8.51. The van der Waals surface area contributed by atoms with E-state index in [0.29, 0.717) is 5.69 Å². The van der Waals surface area contributed by atoms with Gasteiger partial charge in [0.15, 0.2) is 5.75 Å². The molecule has 0 aliphatic heterocycles. The van der Waals surface area contributed by atoms with Gasteiger partial charge in [-0.05, 0) is 29.5 Å². The molecule has 0 unspecified atom stereocenters. The minimum atomic E-state index is -5.08. The van der Waals surface area contributed by atoms with Crippen LogP contribution < -0.4 is 15.4 Å². The molecule has 0 bridgehead atoms. The van der Waals surface area contributed by atoms with Crippen molar-refractivity contribution in [2.45, 2.75) is 13.3 Å². The number of amides is 2. The number of hydrogen-bond acceptors (Lipinski definition) is 8. The first kappa shape index (κ1) is 21.9. The Morgan fingerprint density at radius 3 is 2.45 bits per heavy atom. The van der Waals surface area contributed by atoms with Crippen LogP contribution in [0.5, 0.6) is 5.75 Å². The number of ether oxygens (including phenoxy) is 1. The molecular weight excluding hydrogens is 445 g/mol. The predicted octanol–water partition coefficient (Wildman–Crippen LogP) is 2.37. The maximum atomic E-state index is 12.8. The number of hydrogen-bond donors (Lipinski definition) is 2. The van der Waals surface area contributed by atoms with Crippen molar-refractivity contribution < 1.29 is 27.5 Å². The van der Waals surface area contributed by atoms with E-state index in [1.807, 2.05) is 0 Å². The molecule has 0 aliphatic rings. The fraction of sp³-hybridized carbons (Fsp3) is 0.188. The molecule has 31 heavy (non-hydrogen) atoms. The van der Waals surface area contributed by atoms with Gasteiger partial charge in [-0.1, -0.05) is 16.7 Å². The van der Waals surface area contributed by atoms with Crippen molar-refractivity contribution in [3.63, 3.8) is 0 Å². The Kier molecular flexibility index (Phi) is 6.01. The number of alkyl halides is 3. The van der Waals surface area contributed by atoms with Crippen molar-refractivity contribution in [1.82, 2.24) is 30.2 Å². The molecule has 0 atom stereocenters. The molecule has 162 valence electrons.